The zero-order chi connectivity index (χ0) is 14.3. The molecule has 5 nitrogen and oxygen atoms in total. The smallest absolute Gasteiger partial charge is 0.238 e. The SMILES string of the molecule is CCN(CCC#N)CC(=O)Nc1ccc(C)c(N)c1. The Morgan fingerprint density at radius 1 is 1.53 bits per heavy atom. The molecule has 0 unspecified atom stereocenters. The van der Waals surface area contributed by atoms with Crippen LogP contribution in [-0.2, 0) is 4.79 Å². The first-order chi connectivity index (χ1) is 9.06. The maximum absolute atomic E-state index is 11.9. The Labute approximate surface area is 114 Å². The molecule has 0 radical (unpaired) electrons. The van der Waals surface area contributed by atoms with E-state index >= 15 is 0 Å². The molecule has 1 aromatic carbocycles. The van der Waals surface area contributed by atoms with E-state index in [9.17, 15) is 4.79 Å². The summed E-state index contributed by atoms with van der Waals surface area (Å²) in [5.41, 5.74) is 8.14. The molecule has 0 aliphatic heterocycles. The van der Waals surface area contributed by atoms with Crippen LogP contribution in [0.15, 0.2) is 18.2 Å². The molecular formula is C14H20N4O. The van der Waals surface area contributed by atoms with Gasteiger partial charge in [-0.2, -0.15) is 5.26 Å². The number of nitrogen functional groups attached to an aromatic ring is 1. The molecular weight excluding hydrogens is 240 g/mol. The van der Waals surface area contributed by atoms with E-state index in [-0.39, 0.29) is 12.5 Å². The molecule has 0 heterocycles. The lowest BCUT2D eigenvalue weighted by molar-refractivity contribution is -0.117. The molecule has 19 heavy (non-hydrogen) atoms. The van der Waals surface area contributed by atoms with Crippen LogP contribution >= 0.6 is 0 Å². The number of carbonyl (C=O) groups excluding carboxylic acids is 1. The van der Waals surface area contributed by atoms with Gasteiger partial charge in [0.2, 0.25) is 5.91 Å². The average molecular weight is 260 g/mol. The van der Waals surface area contributed by atoms with E-state index in [4.69, 9.17) is 11.0 Å². The molecule has 0 saturated carbocycles. The minimum Gasteiger partial charge on any atom is -0.398 e. The van der Waals surface area contributed by atoms with Gasteiger partial charge in [-0.25, -0.2) is 0 Å². The zero-order valence-electron chi connectivity index (χ0n) is 11.4. The van der Waals surface area contributed by atoms with Gasteiger partial charge >= 0.3 is 0 Å². The third kappa shape index (κ3) is 4.98. The van der Waals surface area contributed by atoms with Crippen molar-refractivity contribution in [1.82, 2.24) is 4.90 Å². The number of nitrogens with two attached hydrogens (primary N) is 1. The first-order valence-corrected chi connectivity index (χ1v) is 6.32. The lowest BCUT2D eigenvalue weighted by Crippen LogP contribution is -2.33. The number of anilines is 2. The molecule has 1 rings (SSSR count). The van der Waals surface area contributed by atoms with Crippen LogP contribution in [0.3, 0.4) is 0 Å². The van der Waals surface area contributed by atoms with Crippen molar-refractivity contribution in [3.05, 3.63) is 23.8 Å². The van der Waals surface area contributed by atoms with E-state index in [0.717, 1.165) is 12.1 Å². The number of likely N-dealkylation sites (N-methyl/N-ethyl adjacent to an activating group) is 1. The van der Waals surface area contributed by atoms with E-state index in [1.807, 2.05) is 30.9 Å². The molecule has 0 fully saturated rings. The highest BCUT2D eigenvalue weighted by Gasteiger charge is 2.09. The van der Waals surface area contributed by atoms with Crippen molar-refractivity contribution in [1.29, 1.82) is 5.26 Å². The standard InChI is InChI=1S/C14H20N4O/c1-3-18(8-4-7-15)10-14(19)17-12-6-5-11(2)13(16)9-12/h5-6,9H,3-4,8,10,16H2,1-2H3,(H,17,19). The Morgan fingerprint density at radius 3 is 2.84 bits per heavy atom. The van der Waals surface area contributed by atoms with E-state index < -0.39 is 0 Å². The second-order valence-corrected chi connectivity index (χ2v) is 4.40. The number of hydrogen-bond donors (Lipinski definition) is 2. The predicted octanol–water partition coefficient (Wildman–Crippen LogP) is 1.75. The first-order valence-electron chi connectivity index (χ1n) is 6.32. The summed E-state index contributed by atoms with van der Waals surface area (Å²) in [6.07, 6.45) is 0.429. The summed E-state index contributed by atoms with van der Waals surface area (Å²) < 4.78 is 0. The average Bonchev–Trinajstić information content (AvgIpc) is 2.38. The highest BCUT2D eigenvalue weighted by molar-refractivity contribution is 5.92. The number of nitrogens with zero attached hydrogens (tertiary/aromatic N) is 2. The fourth-order valence-electron chi connectivity index (χ4n) is 1.68. The number of benzene rings is 1. The highest BCUT2D eigenvalue weighted by Crippen LogP contribution is 2.16. The number of rotatable bonds is 6. The topological polar surface area (TPSA) is 82.2 Å². The molecule has 0 atom stereocenters. The summed E-state index contributed by atoms with van der Waals surface area (Å²) in [6, 6.07) is 7.53. The molecule has 0 bridgehead atoms. The van der Waals surface area contributed by atoms with Crippen molar-refractivity contribution in [3.63, 3.8) is 0 Å². The molecule has 1 amide bonds. The summed E-state index contributed by atoms with van der Waals surface area (Å²) in [5.74, 6) is -0.0944. The van der Waals surface area contributed by atoms with Crippen molar-refractivity contribution in [2.75, 3.05) is 30.7 Å². The molecule has 0 aliphatic carbocycles. The lowest BCUT2D eigenvalue weighted by Gasteiger charge is -2.18. The van der Waals surface area contributed by atoms with Gasteiger partial charge in [-0.3, -0.25) is 9.69 Å². The normalized spacial score (nSPS) is 10.2. The maximum Gasteiger partial charge on any atom is 0.238 e. The Hall–Kier alpha value is -2.06. The Morgan fingerprint density at radius 2 is 2.26 bits per heavy atom. The number of nitrogens with one attached hydrogen (secondary N) is 1. The fraction of sp³-hybridized carbons (Fsp3) is 0.429. The number of amides is 1. The van der Waals surface area contributed by atoms with Crippen LogP contribution in [0.25, 0.3) is 0 Å². The molecule has 0 spiro atoms. The molecule has 0 aromatic heterocycles. The van der Waals surface area contributed by atoms with Gasteiger partial charge in [0.05, 0.1) is 12.6 Å². The van der Waals surface area contributed by atoms with Gasteiger partial charge in [0.15, 0.2) is 0 Å². The highest BCUT2D eigenvalue weighted by atomic mass is 16.2. The van der Waals surface area contributed by atoms with Crippen molar-refractivity contribution in [2.45, 2.75) is 20.3 Å². The minimum absolute atomic E-state index is 0.0944. The van der Waals surface area contributed by atoms with Gasteiger partial charge < -0.3 is 11.1 Å². The summed E-state index contributed by atoms with van der Waals surface area (Å²) in [5, 5.41) is 11.4. The Bertz CT molecular complexity index is 479. The summed E-state index contributed by atoms with van der Waals surface area (Å²) in [6.45, 7) is 5.52. The monoisotopic (exact) mass is 260 g/mol. The van der Waals surface area contributed by atoms with Crippen molar-refractivity contribution >= 4 is 17.3 Å². The fourth-order valence-corrected chi connectivity index (χ4v) is 1.68. The summed E-state index contributed by atoms with van der Waals surface area (Å²) in [4.78, 5) is 13.8. The van der Waals surface area contributed by atoms with Gasteiger partial charge in [0, 0.05) is 24.3 Å². The van der Waals surface area contributed by atoms with Gasteiger partial charge in [0.1, 0.15) is 0 Å². The number of aryl methyl sites for hydroxylation is 1. The zero-order valence-corrected chi connectivity index (χ0v) is 11.4. The maximum atomic E-state index is 11.9. The van der Waals surface area contributed by atoms with Crippen molar-refractivity contribution < 1.29 is 4.79 Å². The second kappa shape index (κ2) is 7.39. The van der Waals surface area contributed by atoms with E-state index in [2.05, 4.69) is 11.4 Å². The van der Waals surface area contributed by atoms with Crippen molar-refractivity contribution in [2.24, 2.45) is 0 Å². The molecule has 5 heteroatoms. The number of carbonyl (C=O) groups is 1. The van der Waals surface area contributed by atoms with Gasteiger partial charge in [-0.1, -0.05) is 13.0 Å². The second-order valence-electron chi connectivity index (χ2n) is 4.40. The largest absolute Gasteiger partial charge is 0.398 e. The molecule has 3 N–H and O–H groups in total. The first kappa shape index (κ1) is 15.0. The van der Waals surface area contributed by atoms with E-state index in [1.54, 1.807) is 6.07 Å². The Kier molecular flexibility index (Phi) is 5.83. The number of nitriles is 1. The van der Waals surface area contributed by atoms with Gasteiger partial charge in [0.25, 0.3) is 0 Å². The molecule has 0 aliphatic rings. The molecule has 102 valence electrons. The van der Waals surface area contributed by atoms with Crippen LogP contribution in [-0.4, -0.2) is 30.4 Å². The van der Waals surface area contributed by atoms with E-state index in [0.29, 0.717) is 24.3 Å². The number of hydrogen-bond acceptors (Lipinski definition) is 4. The molecule has 0 saturated heterocycles. The Balaban J connectivity index is 2.54. The third-order valence-electron chi connectivity index (χ3n) is 2.92. The van der Waals surface area contributed by atoms with Gasteiger partial charge in [-0.05, 0) is 31.2 Å². The van der Waals surface area contributed by atoms with Crippen LogP contribution in [0.2, 0.25) is 0 Å². The summed E-state index contributed by atoms with van der Waals surface area (Å²) >= 11 is 0. The van der Waals surface area contributed by atoms with Crippen LogP contribution in [0.5, 0.6) is 0 Å². The van der Waals surface area contributed by atoms with E-state index in [1.165, 1.54) is 0 Å². The minimum atomic E-state index is -0.0944. The van der Waals surface area contributed by atoms with Crippen LogP contribution in [0, 0.1) is 18.3 Å². The predicted molar refractivity (Wildman–Crippen MR) is 76.6 cm³/mol. The van der Waals surface area contributed by atoms with Crippen molar-refractivity contribution in [3.8, 4) is 6.07 Å². The van der Waals surface area contributed by atoms with Crippen LogP contribution in [0.4, 0.5) is 11.4 Å². The third-order valence-corrected chi connectivity index (χ3v) is 2.92. The van der Waals surface area contributed by atoms with Crippen LogP contribution in [0.1, 0.15) is 18.9 Å². The van der Waals surface area contributed by atoms with Crippen LogP contribution < -0.4 is 11.1 Å². The lowest BCUT2D eigenvalue weighted by atomic mass is 10.2. The summed E-state index contributed by atoms with van der Waals surface area (Å²) in [7, 11) is 0. The quantitative estimate of drug-likeness (QED) is 0.763. The molecule has 1 aromatic rings. The van der Waals surface area contributed by atoms with Gasteiger partial charge in [-0.15, -0.1) is 0 Å².